The molecule has 0 saturated carbocycles. The van der Waals surface area contributed by atoms with Crippen LogP contribution in [-0.2, 0) is 15.9 Å². The predicted octanol–water partition coefficient (Wildman–Crippen LogP) is 2.46. The summed E-state index contributed by atoms with van der Waals surface area (Å²) in [5.41, 5.74) is 5.33. The monoisotopic (exact) mass is 645 g/mol. The molecular weight excluding hydrogens is 616 g/mol. The van der Waals surface area contributed by atoms with Crippen LogP contribution in [0.3, 0.4) is 0 Å². The molecule has 1 heterocycles. The summed E-state index contributed by atoms with van der Waals surface area (Å²) >= 11 is 6.13. The number of anilines is 2. The smallest absolute Gasteiger partial charge is 0.756 e. The summed E-state index contributed by atoms with van der Waals surface area (Å²) in [5.74, 6) is -4.13. The second-order valence-electron chi connectivity index (χ2n) is 9.21. The maximum Gasteiger partial charge on any atom is 1.00 e. The summed E-state index contributed by atoms with van der Waals surface area (Å²) in [5, 5.41) is 5.61. The van der Waals surface area contributed by atoms with Crippen molar-refractivity contribution in [1.29, 1.82) is 0 Å². The number of nitrogens with two attached hydrogens (primary N) is 1. The fourth-order valence-corrected chi connectivity index (χ4v) is 3.99. The van der Waals surface area contributed by atoms with Crippen molar-refractivity contribution < 1.29 is 52.2 Å². The van der Waals surface area contributed by atoms with E-state index in [9.17, 15) is 31.5 Å². The number of hydrogen-bond acceptors (Lipinski definition) is 7. The molecule has 2 aromatic carbocycles. The molecule has 0 radical (unpaired) electrons. The number of carbonyl (C=O) groups excluding carboxylic acids is 2. The molecule has 18 heteroatoms. The summed E-state index contributed by atoms with van der Waals surface area (Å²) in [7, 11) is -4.89. The average Bonchev–Trinajstić information content (AvgIpc) is 2.88. The van der Waals surface area contributed by atoms with Gasteiger partial charge >= 0.3 is 7.60 Å². The van der Waals surface area contributed by atoms with E-state index >= 15 is 0 Å². The third-order valence-electron chi connectivity index (χ3n) is 6.06. The number of halogens is 6. The molecule has 11 nitrogen and oxygen atoms in total. The Morgan fingerprint density at radius 2 is 1.74 bits per heavy atom. The van der Waals surface area contributed by atoms with Crippen LogP contribution in [0.15, 0.2) is 30.3 Å². The van der Waals surface area contributed by atoms with Crippen molar-refractivity contribution >= 4 is 42.6 Å². The van der Waals surface area contributed by atoms with Gasteiger partial charge in [0.2, 0.25) is 5.91 Å². The lowest BCUT2D eigenvalue weighted by atomic mass is 10.1. The van der Waals surface area contributed by atoms with E-state index < -0.39 is 55.5 Å². The van der Waals surface area contributed by atoms with E-state index in [4.69, 9.17) is 36.6 Å². The number of amides is 2. The minimum Gasteiger partial charge on any atom is -0.756 e. The summed E-state index contributed by atoms with van der Waals surface area (Å²) < 4.78 is 75.7. The minimum atomic E-state index is -4.89. The second-order valence-corrected chi connectivity index (χ2v) is 10.6. The SMILES string of the molecule is C[C@H](NCc1ccc(C(=O)Nc2ccc(Cl)cc2N2CCN(CCC(F)(F)F)CC2)c(F)c1F)C(N)=O.O=P([O-])(O)O.[H+]. The topological polar surface area (TPSA) is 171 Å². The van der Waals surface area contributed by atoms with Gasteiger partial charge in [0.05, 0.1) is 29.4 Å². The van der Waals surface area contributed by atoms with Crippen LogP contribution in [0.5, 0.6) is 0 Å². The van der Waals surface area contributed by atoms with E-state index in [2.05, 4.69) is 10.6 Å². The van der Waals surface area contributed by atoms with Crippen molar-refractivity contribution in [2.45, 2.75) is 32.1 Å². The number of benzene rings is 2. The number of hydrogen-bond donors (Lipinski definition) is 5. The van der Waals surface area contributed by atoms with Gasteiger partial charge in [-0.3, -0.25) is 19.1 Å². The molecule has 6 N–H and O–H groups in total. The molecule has 0 aliphatic carbocycles. The lowest BCUT2D eigenvalue weighted by Crippen LogP contribution is -2.47. The number of phosphoric acid groups is 1. The highest BCUT2D eigenvalue weighted by Crippen LogP contribution is 2.31. The van der Waals surface area contributed by atoms with Gasteiger partial charge in [0.15, 0.2) is 11.6 Å². The largest absolute Gasteiger partial charge is 1.00 e. The van der Waals surface area contributed by atoms with Crippen LogP contribution in [0.25, 0.3) is 0 Å². The molecule has 2 amide bonds. The normalized spacial score (nSPS) is 15.0. The summed E-state index contributed by atoms with van der Waals surface area (Å²) in [6.45, 7) is 2.72. The molecule has 0 bridgehead atoms. The minimum absolute atomic E-state index is 0. The van der Waals surface area contributed by atoms with Gasteiger partial charge in [-0.25, -0.2) is 8.78 Å². The van der Waals surface area contributed by atoms with Crippen LogP contribution in [0.2, 0.25) is 5.02 Å². The number of nitrogens with zero attached hydrogens (tertiary/aromatic N) is 2. The first-order valence-corrected chi connectivity index (χ1v) is 14.2. The number of piperazine rings is 1. The molecule has 42 heavy (non-hydrogen) atoms. The Kier molecular flexibility index (Phi) is 12.7. The van der Waals surface area contributed by atoms with Gasteiger partial charge in [0.1, 0.15) is 0 Å². The Labute approximate surface area is 244 Å². The molecular formula is C24H30ClF5N5O6P. The number of carbonyl (C=O) groups is 2. The fraction of sp³-hybridized carbons (Fsp3) is 0.417. The zero-order valence-corrected chi connectivity index (χ0v) is 23.8. The molecule has 2 aromatic rings. The quantitative estimate of drug-likeness (QED) is 0.203. The van der Waals surface area contributed by atoms with Gasteiger partial charge in [-0.05, 0) is 31.2 Å². The Morgan fingerprint density at radius 3 is 2.29 bits per heavy atom. The van der Waals surface area contributed by atoms with Gasteiger partial charge in [-0.15, -0.1) is 0 Å². The third-order valence-corrected chi connectivity index (χ3v) is 6.30. The second kappa shape index (κ2) is 15.0. The van der Waals surface area contributed by atoms with Gasteiger partial charge < -0.3 is 35.9 Å². The van der Waals surface area contributed by atoms with Crippen LogP contribution in [0.4, 0.5) is 33.3 Å². The maximum atomic E-state index is 14.7. The summed E-state index contributed by atoms with van der Waals surface area (Å²) in [6, 6.07) is 6.23. The number of rotatable bonds is 9. The number of nitrogens with one attached hydrogen (secondary N) is 2. The van der Waals surface area contributed by atoms with E-state index in [-0.39, 0.29) is 20.1 Å². The Morgan fingerprint density at radius 1 is 1.14 bits per heavy atom. The molecule has 234 valence electrons. The van der Waals surface area contributed by atoms with Gasteiger partial charge in [0, 0.05) is 49.9 Å². The first-order valence-electron chi connectivity index (χ1n) is 12.3. The fourth-order valence-electron chi connectivity index (χ4n) is 3.82. The van der Waals surface area contributed by atoms with Crippen molar-refractivity contribution in [3.05, 3.63) is 58.1 Å². The lowest BCUT2D eigenvalue weighted by molar-refractivity contribution is -0.214. The summed E-state index contributed by atoms with van der Waals surface area (Å²) in [6.07, 6.45) is -5.13. The van der Waals surface area contributed by atoms with Crippen LogP contribution >= 0.6 is 19.4 Å². The van der Waals surface area contributed by atoms with Crippen molar-refractivity contribution in [2.75, 3.05) is 42.9 Å². The predicted molar refractivity (Wildman–Crippen MR) is 144 cm³/mol. The van der Waals surface area contributed by atoms with Crippen LogP contribution < -0.4 is 26.2 Å². The maximum absolute atomic E-state index is 14.7. The Bertz CT molecular complexity index is 1310. The summed E-state index contributed by atoms with van der Waals surface area (Å²) in [4.78, 5) is 50.4. The number of alkyl halides is 3. The van der Waals surface area contributed by atoms with E-state index in [0.29, 0.717) is 42.6 Å². The van der Waals surface area contributed by atoms with Gasteiger partial charge in [-0.2, -0.15) is 13.2 Å². The van der Waals surface area contributed by atoms with Gasteiger partial charge in [0.25, 0.3) is 13.7 Å². The van der Waals surface area contributed by atoms with E-state index in [1.165, 1.54) is 25.1 Å². The van der Waals surface area contributed by atoms with Crippen LogP contribution in [0, 0.1) is 11.6 Å². The third kappa shape index (κ3) is 11.8. The van der Waals surface area contributed by atoms with E-state index in [0.717, 1.165) is 6.07 Å². The highest BCUT2D eigenvalue weighted by atomic mass is 35.5. The molecule has 1 aliphatic rings. The van der Waals surface area contributed by atoms with Crippen molar-refractivity contribution in [1.82, 2.24) is 10.2 Å². The molecule has 1 aliphatic heterocycles. The zero-order valence-electron chi connectivity index (χ0n) is 23.1. The van der Waals surface area contributed by atoms with E-state index in [1.54, 1.807) is 11.0 Å². The van der Waals surface area contributed by atoms with Crippen LogP contribution in [0.1, 0.15) is 30.7 Å². The van der Waals surface area contributed by atoms with Crippen LogP contribution in [-0.4, -0.2) is 71.4 Å². The molecule has 1 fully saturated rings. The standard InChI is InChI=1S/C24H27ClF5N5O2.H3O4P/c1-14(22(31)36)32-13-15-2-4-17(21(27)20(15)26)23(37)33-18-5-3-16(25)12-19(18)35-10-8-34(9-11-35)7-6-24(28,29)30;1-5(2,3)4/h2-5,12,14,32H,6-11,13H2,1H3,(H2,31,36)(H,33,37);(H3,1,2,3,4)/t14-;/m0./s1. The molecule has 0 unspecified atom stereocenters. The first kappa shape index (κ1) is 35.3. The average molecular weight is 646 g/mol. The Balaban J connectivity index is 0.00000142. The van der Waals surface area contributed by atoms with Crippen molar-refractivity contribution in [3.8, 4) is 0 Å². The van der Waals surface area contributed by atoms with E-state index in [1.807, 2.05) is 4.90 Å². The van der Waals surface area contributed by atoms with Crippen molar-refractivity contribution in [2.24, 2.45) is 5.73 Å². The zero-order chi connectivity index (χ0) is 31.8. The highest BCUT2D eigenvalue weighted by molar-refractivity contribution is 7.43. The molecule has 1 saturated heterocycles. The lowest BCUT2D eigenvalue weighted by Gasteiger charge is -2.37. The first-order chi connectivity index (χ1) is 19.4. The molecule has 0 aromatic heterocycles. The molecule has 0 spiro atoms. The van der Waals surface area contributed by atoms with Crippen molar-refractivity contribution in [3.63, 3.8) is 0 Å². The number of primary amides is 1. The Hall–Kier alpha value is -2.85. The molecule has 3 rings (SSSR count). The van der Waals surface area contributed by atoms with Gasteiger partial charge in [-0.1, -0.05) is 17.7 Å². The highest BCUT2D eigenvalue weighted by Gasteiger charge is 2.29. The molecule has 1 atom stereocenters.